The van der Waals surface area contributed by atoms with Crippen molar-refractivity contribution in [3.63, 3.8) is 0 Å². The zero-order chi connectivity index (χ0) is 14.1. The molecule has 0 saturated heterocycles. The van der Waals surface area contributed by atoms with E-state index in [4.69, 9.17) is 11.6 Å². The van der Waals surface area contributed by atoms with E-state index in [1.165, 1.54) is 11.8 Å². The minimum absolute atomic E-state index is 0. The number of rotatable bonds is 8. The van der Waals surface area contributed by atoms with Gasteiger partial charge >= 0.3 is 0 Å². The maximum atomic E-state index is 11.9. The van der Waals surface area contributed by atoms with Gasteiger partial charge in [-0.05, 0) is 32.0 Å². The minimum Gasteiger partial charge on any atom is -0.354 e. The number of thioether (sulfide) groups is 1. The van der Waals surface area contributed by atoms with Gasteiger partial charge in [0.15, 0.2) is 0 Å². The van der Waals surface area contributed by atoms with E-state index in [9.17, 15) is 4.79 Å². The Morgan fingerprint density at radius 3 is 2.65 bits per heavy atom. The van der Waals surface area contributed by atoms with Gasteiger partial charge in [-0.25, -0.2) is 0 Å². The summed E-state index contributed by atoms with van der Waals surface area (Å²) in [6, 6.07) is 7.58. The van der Waals surface area contributed by atoms with Gasteiger partial charge in [0, 0.05) is 18.0 Å². The molecule has 0 bridgehead atoms. The Morgan fingerprint density at radius 1 is 1.30 bits per heavy atom. The SMILES string of the molecule is CCCNCCNC(=O)C(C)Sc1ccccc1Cl.Cl. The van der Waals surface area contributed by atoms with Gasteiger partial charge in [0.1, 0.15) is 0 Å². The molecule has 1 rings (SSSR count). The first kappa shape index (κ1) is 19.6. The molecular formula is C14H22Cl2N2OS. The van der Waals surface area contributed by atoms with E-state index in [1.54, 1.807) is 0 Å². The highest BCUT2D eigenvalue weighted by molar-refractivity contribution is 8.00. The van der Waals surface area contributed by atoms with E-state index in [0.717, 1.165) is 24.4 Å². The predicted octanol–water partition coefficient (Wildman–Crippen LogP) is 3.36. The van der Waals surface area contributed by atoms with Crippen LogP contribution in [0, 0.1) is 0 Å². The molecule has 6 heteroatoms. The second kappa shape index (κ2) is 11.3. The predicted molar refractivity (Wildman–Crippen MR) is 90.2 cm³/mol. The standard InChI is InChI=1S/C14H21ClN2OS.ClH/c1-3-8-16-9-10-17-14(18)11(2)19-13-7-5-4-6-12(13)15;/h4-7,11,16H,3,8-10H2,1-2H3,(H,17,18);1H. The molecule has 0 saturated carbocycles. The van der Waals surface area contributed by atoms with Crippen LogP contribution in [0.15, 0.2) is 29.2 Å². The van der Waals surface area contributed by atoms with Gasteiger partial charge < -0.3 is 10.6 Å². The Morgan fingerprint density at radius 2 is 2.00 bits per heavy atom. The summed E-state index contributed by atoms with van der Waals surface area (Å²) >= 11 is 7.55. The molecular weight excluding hydrogens is 315 g/mol. The van der Waals surface area contributed by atoms with Crippen LogP contribution >= 0.6 is 35.8 Å². The fourth-order valence-corrected chi connectivity index (χ4v) is 2.68. The lowest BCUT2D eigenvalue weighted by molar-refractivity contribution is -0.120. The van der Waals surface area contributed by atoms with Crippen LogP contribution in [0.25, 0.3) is 0 Å². The molecule has 0 fully saturated rings. The third-order valence-corrected chi connectivity index (χ3v) is 4.16. The average Bonchev–Trinajstić information content (AvgIpc) is 2.41. The van der Waals surface area contributed by atoms with Crippen molar-refractivity contribution in [1.29, 1.82) is 0 Å². The largest absolute Gasteiger partial charge is 0.354 e. The zero-order valence-electron chi connectivity index (χ0n) is 11.8. The lowest BCUT2D eigenvalue weighted by Gasteiger charge is -2.13. The van der Waals surface area contributed by atoms with Crippen molar-refractivity contribution in [2.75, 3.05) is 19.6 Å². The number of carbonyl (C=O) groups excluding carboxylic acids is 1. The van der Waals surface area contributed by atoms with Gasteiger partial charge in [-0.3, -0.25) is 4.79 Å². The first-order valence-corrected chi connectivity index (χ1v) is 7.80. The van der Waals surface area contributed by atoms with Crippen LogP contribution in [0.5, 0.6) is 0 Å². The average molecular weight is 337 g/mol. The molecule has 114 valence electrons. The number of halogens is 2. The van der Waals surface area contributed by atoms with Gasteiger partial charge in [-0.15, -0.1) is 24.2 Å². The second-order valence-electron chi connectivity index (χ2n) is 4.23. The molecule has 1 unspecified atom stereocenters. The molecule has 0 aliphatic heterocycles. The van der Waals surface area contributed by atoms with Crippen LogP contribution < -0.4 is 10.6 Å². The number of hydrogen-bond acceptors (Lipinski definition) is 3. The molecule has 1 aromatic rings. The number of nitrogens with one attached hydrogen (secondary N) is 2. The molecule has 1 aromatic carbocycles. The van der Waals surface area contributed by atoms with E-state index < -0.39 is 0 Å². The van der Waals surface area contributed by atoms with E-state index in [0.29, 0.717) is 11.6 Å². The molecule has 0 spiro atoms. The highest BCUT2D eigenvalue weighted by Crippen LogP contribution is 2.29. The summed E-state index contributed by atoms with van der Waals surface area (Å²) in [5.74, 6) is 0.0446. The summed E-state index contributed by atoms with van der Waals surface area (Å²) in [6.07, 6.45) is 1.10. The van der Waals surface area contributed by atoms with Crippen LogP contribution in [0.1, 0.15) is 20.3 Å². The molecule has 1 amide bonds. The number of amides is 1. The maximum absolute atomic E-state index is 11.9. The van der Waals surface area contributed by atoms with Crippen molar-refractivity contribution in [3.8, 4) is 0 Å². The minimum atomic E-state index is -0.147. The molecule has 1 atom stereocenters. The van der Waals surface area contributed by atoms with E-state index in [2.05, 4.69) is 17.6 Å². The summed E-state index contributed by atoms with van der Waals surface area (Å²) in [6.45, 7) is 6.46. The quantitative estimate of drug-likeness (QED) is 0.565. The second-order valence-corrected chi connectivity index (χ2v) is 6.02. The molecule has 0 radical (unpaired) electrons. The third kappa shape index (κ3) is 7.39. The van der Waals surface area contributed by atoms with Gasteiger partial charge in [0.2, 0.25) is 5.91 Å². The van der Waals surface area contributed by atoms with E-state index >= 15 is 0 Å². The number of benzene rings is 1. The Labute approximate surface area is 136 Å². The summed E-state index contributed by atoms with van der Waals surface area (Å²) in [7, 11) is 0. The van der Waals surface area contributed by atoms with Gasteiger partial charge in [-0.1, -0.05) is 30.7 Å². The summed E-state index contributed by atoms with van der Waals surface area (Å²) in [4.78, 5) is 12.8. The van der Waals surface area contributed by atoms with Crippen LogP contribution in [-0.4, -0.2) is 30.8 Å². The van der Waals surface area contributed by atoms with Crippen molar-refractivity contribution in [3.05, 3.63) is 29.3 Å². The first-order valence-electron chi connectivity index (χ1n) is 6.54. The van der Waals surface area contributed by atoms with Gasteiger partial charge in [0.05, 0.1) is 10.3 Å². The smallest absolute Gasteiger partial charge is 0.233 e. The Balaban J connectivity index is 0.00000361. The van der Waals surface area contributed by atoms with Crippen LogP contribution in [0.2, 0.25) is 5.02 Å². The molecule has 3 nitrogen and oxygen atoms in total. The molecule has 0 aliphatic rings. The van der Waals surface area contributed by atoms with E-state index in [-0.39, 0.29) is 23.6 Å². The normalized spacial score (nSPS) is 11.6. The van der Waals surface area contributed by atoms with Crippen LogP contribution in [0.4, 0.5) is 0 Å². The Kier molecular flexibility index (Phi) is 11.0. The fraction of sp³-hybridized carbons (Fsp3) is 0.500. The summed E-state index contributed by atoms with van der Waals surface area (Å²) in [5.41, 5.74) is 0. The molecule has 2 N–H and O–H groups in total. The van der Waals surface area contributed by atoms with Crippen molar-refractivity contribution in [1.82, 2.24) is 10.6 Å². The lowest BCUT2D eigenvalue weighted by atomic mass is 10.4. The van der Waals surface area contributed by atoms with E-state index in [1.807, 2.05) is 31.2 Å². The number of carbonyl (C=O) groups is 1. The summed E-state index contributed by atoms with van der Waals surface area (Å²) < 4.78 is 0. The molecule has 0 aliphatic carbocycles. The molecule has 20 heavy (non-hydrogen) atoms. The number of hydrogen-bond donors (Lipinski definition) is 2. The summed E-state index contributed by atoms with van der Waals surface area (Å²) in [5, 5.41) is 6.71. The fourth-order valence-electron chi connectivity index (χ4n) is 1.50. The van der Waals surface area contributed by atoms with Crippen molar-refractivity contribution in [2.24, 2.45) is 0 Å². The van der Waals surface area contributed by atoms with Crippen LogP contribution in [-0.2, 0) is 4.79 Å². The van der Waals surface area contributed by atoms with Crippen LogP contribution in [0.3, 0.4) is 0 Å². The highest BCUT2D eigenvalue weighted by atomic mass is 35.5. The first-order chi connectivity index (χ1) is 9.15. The topological polar surface area (TPSA) is 41.1 Å². The van der Waals surface area contributed by atoms with Gasteiger partial charge in [-0.2, -0.15) is 0 Å². The Hall–Kier alpha value is -0.420. The Bertz CT molecular complexity index is 405. The third-order valence-electron chi connectivity index (χ3n) is 2.54. The van der Waals surface area contributed by atoms with Gasteiger partial charge in [0.25, 0.3) is 0 Å². The highest BCUT2D eigenvalue weighted by Gasteiger charge is 2.14. The van der Waals surface area contributed by atoms with Crippen molar-refractivity contribution >= 4 is 41.7 Å². The maximum Gasteiger partial charge on any atom is 0.233 e. The monoisotopic (exact) mass is 336 g/mol. The van der Waals surface area contributed by atoms with Crippen molar-refractivity contribution < 1.29 is 4.79 Å². The van der Waals surface area contributed by atoms with Crippen molar-refractivity contribution in [2.45, 2.75) is 30.4 Å². The molecule has 0 heterocycles. The molecule has 0 aromatic heterocycles. The lowest BCUT2D eigenvalue weighted by Crippen LogP contribution is -2.36. The zero-order valence-corrected chi connectivity index (χ0v) is 14.2.